The fourth-order valence-electron chi connectivity index (χ4n) is 3.82. The minimum Gasteiger partial charge on any atom is -0.494 e. The second-order valence-electron chi connectivity index (χ2n) is 10.3. The SMILES string of the molecule is C=C(C)C(=O)OCCCCCCOc1ccc(C(=O)Oc2ccc(-c3ccc(C(=O)OC[C@@H](C)CC)cc3)cc2)cc1. The van der Waals surface area contributed by atoms with Gasteiger partial charge in [-0.15, -0.1) is 0 Å². The molecule has 0 saturated carbocycles. The van der Waals surface area contributed by atoms with Crippen molar-refractivity contribution in [2.45, 2.75) is 52.9 Å². The second kappa shape index (κ2) is 16.8. The smallest absolute Gasteiger partial charge is 0.343 e. The van der Waals surface area contributed by atoms with Crippen LogP contribution in [0.5, 0.6) is 11.5 Å². The van der Waals surface area contributed by atoms with Crippen molar-refractivity contribution in [3.05, 3.63) is 96.1 Å². The highest BCUT2D eigenvalue weighted by Crippen LogP contribution is 2.24. The van der Waals surface area contributed by atoms with Gasteiger partial charge in [-0.3, -0.25) is 0 Å². The lowest BCUT2D eigenvalue weighted by Crippen LogP contribution is -2.11. The molecular weight excluding hydrogens is 532 g/mol. The average Bonchev–Trinajstić information content (AvgIpc) is 3.01. The molecule has 0 aliphatic rings. The van der Waals surface area contributed by atoms with Gasteiger partial charge in [0.15, 0.2) is 0 Å². The van der Waals surface area contributed by atoms with E-state index in [4.69, 9.17) is 18.9 Å². The maximum atomic E-state index is 12.6. The van der Waals surface area contributed by atoms with Gasteiger partial charge in [0.2, 0.25) is 0 Å². The molecule has 0 heterocycles. The van der Waals surface area contributed by atoms with Gasteiger partial charge in [-0.2, -0.15) is 0 Å². The summed E-state index contributed by atoms with van der Waals surface area (Å²) in [4.78, 5) is 36.2. The largest absolute Gasteiger partial charge is 0.494 e. The first kappa shape index (κ1) is 32.1. The Hall–Kier alpha value is -4.39. The number of hydrogen-bond acceptors (Lipinski definition) is 7. The van der Waals surface area contributed by atoms with Crippen LogP contribution in [-0.4, -0.2) is 37.7 Å². The highest BCUT2D eigenvalue weighted by Gasteiger charge is 2.11. The monoisotopic (exact) mass is 572 g/mol. The molecule has 0 fully saturated rings. The standard InChI is InChI=1S/C35H40O7/c1-5-26(4)24-41-34(37)29-12-10-27(11-13-29)28-14-20-32(21-15-28)42-35(38)30-16-18-31(19-17-30)39-22-8-6-7-9-23-40-33(36)25(2)3/h10-21,26H,2,5-9,22-24H2,1,3-4H3/t26-/m0/s1. The molecule has 7 heteroatoms. The van der Waals surface area contributed by atoms with Gasteiger partial charge in [-0.1, -0.05) is 51.1 Å². The van der Waals surface area contributed by atoms with Crippen LogP contribution < -0.4 is 9.47 Å². The van der Waals surface area contributed by atoms with Crippen molar-refractivity contribution in [3.8, 4) is 22.6 Å². The van der Waals surface area contributed by atoms with Crippen LogP contribution in [0.2, 0.25) is 0 Å². The molecule has 0 aliphatic heterocycles. The third kappa shape index (κ3) is 10.5. The lowest BCUT2D eigenvalue weighted by atomic mass is 10.0. The van der Waals surface area contributed by atoms with Gasteiger partial charge in [0.1, 0.15) is 11.5 Å². The molecule has 3 aromatic rings. The van der Waals surface area contributed by atoms with Crippen LogP contribution in [-0.2, 0) is 14.3 Å². The van der Waals surface area contributed by atoms with Crippen LogP contribution in [0.1, 0.15) is 73.6 Å². The van der Waals surface area contributed by atoms with Gasteiger partial charge < -0.3 is 18.9 Å². The van der Waals surface area contributed by atoms with E-state index in [1.807, 2.05) is 31.2 Å². The van der Waals surface area contributed by atoms with Gasteiger partial charge in [-0.25, -0.2) is 14.4 Å². The fourth-order valence-corrected chi connectivity index (χ4v) is 3.82. The van der Waals surface area contributed by atoms with Crippen molar-refractivity contribution in [3.63, 3.8) is 0 Å². The minimum absolute atomic E-state index is 0.323. The van der Waals surface area contributed by atoms with Crippen molar-refractivity contribution in [1.82, 2.24) is 0 Å². The highest BCUT2D eigenvalue weighted by atomic mass is 16.5. The summed E-state index contributed by atoms with van der Waals surface area (Å²) in [5.41, 5.74) is 3.22. The van der Waals surface area contributed by atoms with E-state index in [0.29, 0.717) is 53.9 Å². The van der Waals surface area contributed by atoms with Crippen LogP contribution in [0.4, 0.5) is 0 Å². The topological polar surface area (TPSA) is 88.1 Å². The third-order valence-corrected chi connectivity index (χ3v) is 6.69. The van der Waals surface area contributed by atoms with Crippen molar-refractivity contribution in [1.29, 1.82) is 0 Å². The maximum absolute atomic E-state index is 12.6. The number of rotatable bonds is 16. The van der Waals surface area contributed by atoms with E-state index < -0.39 is 5.97 Å². The van der Waals surface area contributed by atoms with Gasteiger partial charge in [0, 0.05) is 5.57 Å². The van der Waals surface area contributed by atoms with Crippen LogP contribution in [0, 0.1) is 5.92 Å². The predicted molar refractivity (Wildman–Crippen MR) is 163 cm³/mol. The van der Waals surface area contributed by atoms with E-state index in [2.05, 4.69) is 13.5 Å². The summed E-state index contributed by atoms with van der Waals surface area (Å²) in [6, 6.07) is 21.3. The normalized spacial score (nSPS) is 11.3. The molecule has 7 nitrogen and oxygen atoms in total. The Bertz CT molecular complexity index is 1310. The summed E-state index contributed by atoms with van der Waals surface area (Å²) in [6.07, 6.45) is 4.55. The molecule has 0 N–H and O–H groups in total. The summed E-state index contributed by atoms with van der Waals surface area (Å²) < 4.78 is 21.7. The van der Waals surface area contributed by atoms with Crippen LogP contribution >= 0.6 is 0 Å². The van der Waals surface area contributed by atoms with Crippen LogP contribution in [0.25, 0.3) is 11.1 Å². The predicted octanol–water partition coefficient (Wildman–Crippen LogP) is 7.83. The second-order valence-corrected chi connectivity index (χ2v) is 10.3. The average molecular weight is 573 g/mol. The van der Waals surface area contributed by atoms with E-state index in [9.17, 15) is 14.4 Å². The van der Waals surface area contributed by atoms with Crippen LogP contribution in [0.3, 0.4) is 0 Å². The molecule has 222 valence electrons. The molecule has 0 saturated heterocycles. The van der Waals surface area contributed by atoms with Crippen molar-refractivity contribution in [2.75, 3.05) is 19.8 Å². The van der Waals surface area contributed by atoms with E-state index in [1.165, 1.54) is 0 Å². The zero-order chi connectivity index (χ0) is 30.3. The van der Waals surface area contributed by atoms with Crippen LogP contribution in [0.15, 0.2) is 84.9 Å². The molecule has 0 radical (unpaired) electrons. The number of carbonyl (C=O) groups excluding carboxylic acids is 3. The Kier molecular flexibility index (Phi) is 12.8. The Labute approximate surface area is 248 Å². The van der Waals surface area contributed by atoms with Gasteiger partial charge in [0.05, 0.1) is 30.9 Å². The summed E-state index contributed by atoms with van der Waals surface area (Å²) in [6.45, 7) is 10.7. The number of ether oxygens (including phenoxy) is 4. The Morgan fingerprint density at radius 1 is 0.690 bits per heavy atom. The molecule has 0 bridgehead atoms. The van der Waals surface area contributed by atoms with Crippen molar-refractivity contribution < 1.29 is 33.3 Å². The van der Waals surface area contributed by atoms with Crippen molar-refractivity contribution in [2.24, 2.45) is 5.92 Å². The number of unbranched alkanes of at least 4 members (excludes halogenated alkanes) is 3. The number of hydrogen-bond donors (Lipinski definition) is 0. The number of carbonyl (C=O) groups is 3. The first-order chi connectivity index (χ1) is 20.3. The molecule has 3 rings (SSSR count). The summed E-state index contributed by atoms with van der Waals surface area (Å²) in [5, 5.41) is 0. The molecule has 0 spiro atoms. The molecule has 0 amide bonds. The van der Waals surface area contributed by atoms with Gasteiger partial charge >= 0.3 is 17.9 Å². The summed E-state index contributed by atoms with van der Waals surface area (Å²) in [5.74, 6) is 0.322. The first-order valence-corrected chi connectivity index (χ1v) is 14.4. The zero-order valence-electron chi connectivity index (χ0n) is 24.7. The Balaban J connectivity index is 1.40. The number of benzene rings is 3. The first-order valence-electron chi connectivity index (χ1n) is 14.4. The van der Waals surface area contributed by atoms with Gasteiger partial charge in [-0.05, 0) is 98.2 Å². The third-order valence-electron chi connectivity index (χ3n) is 6.69. The molecule has 0 aliphatic carbocycles. The lowest BCUT2D eigenvalue weighted by Gasteiger charge is -2.10. The summed E-state index contributed by atoms with van der Waals surface area (Å²) in [7, 11) is 0. The van der Waals surface area contributed by atoms with Gasteiger partial charge in [0.25, 0.3) is 0 Å². The maximum Gasteiger partial charge on any atom is 0.343 e. The lowest BCUT2D eigenvalue weighted by molar-refractivity contribution is -0.139. The Morgan fingerprint density at radius 3 is 1.81 bits per heavy atom. The quantitative estimate of drug-likeness (QED) is 0.0748. The highest BCUT2D eigenvalue weighted by molar-refractivity contribution is 5.91. The number of esters is 3. The van der Waals surface area contributed by atoms with E-state index in [1.54, 1.807) is 55.5 Å². The molecule has 1 atom stereocenters. The van der Waals surface area contributed by atoms with Crippen molar-refractivity contribution >= 4 is 17.9 Å². The van der Waals surface area contributed by atoms with E-state index in [-0.39, 0.29) is 11.9 Å². The van der Waals surface area contributed by atoms with E-state index >= 15 is 0 Å². The molecule has 0 unspecified atom stereocenters. The fraction of sp³-hybridized carbons (Fsp3) is 0.343. The summed E-state index contributed by atoms with van der Waals surface area (Å²) >= 11 is 0. The molecular formula is C35H40O7. The molecule has 3 aromatic carbocycles. The van der Waals surface area contributed by atoms with E-state index in [0.717, 1.165) is 43.2 Å². The molecule has 0 aromatic heterocycles. The molecule has 42 heavy (non-hydrogen) atoms. The minimum atomic E-state index is -0.457. The zero-order valence-corrected chi connectivity index (χ0v) is 24.7. The Morgan fingerprint density at radius 2 is 1.21 bits per heavy atom.